The van der Waals surface area contributed by atoms with Crippen LogP contribution in [0.15, 0.2) is 27.1 Å². The van der Waals surface area contributed by atoms with Crippen LogP contribution >= 0.6 is 43.2 Å². The van der Waals surface area contributed by atoms with Gasteiger partial charge in [-0.25, -0.2) is 0 Å². The monoisotopic (exact) mass is 417 g/mol. The van der Waals surface area contributed by atoms with E-state index in [1.165, 1.54) is 6.42 Å². The third-order valence-corrected chi connectivity index (χ3v) is 5.00. The Morgan fingerprint density at radius 1 is 1.20 bits per heavy atom. The number of nitrogens with zero attached hydrogens (tertiary/aromatic N) is 2. The highest BCUT2D eigenvalue weighted by Gasteiger charge is 2.10. The molecule has 3 nitrogen and oxygen atoms in total. The summed E-state index contributed by atoms with van der Waals surface area (Å²) < 4.78 is 2.10. The van der Waals surface area contributed by atoms with Gasteiger partial charge in [0.05, 0.1) is 0 Å². The second-order valence-electron chi connectivity index (χ2n) is 4.48. The predicted octanol–water partition coefficient (Wildman–Crippen LogP) is 4.66. The van der Waals surface area contributed by atoms with Crippen molar-refractivity contribution in [2.24, 2.45) is 0 Å². The van der Waals surface area contributed by atoms with Gasteiger partial charge < -0.3 is 5.32 Å². The van der Waals surface area contributed by atoms with E-state index in [2.05, 4.69) is 60.4 Å². The van der Waals surface area contributed by atoms with Crippen molar-refractivity contribution in [1.82, 2.24) is 15.5 Å². The number of hydrogen-bond acceptors (Lipinski definition) is 4. The molecule has 0 aliphatic heterocycles. The molecule has 2 aromatic rings. The zero-order valence-electron chi connectivity index (χ0n) is 11.3. The average Bonchev–Trinajstić information content (AvgIpc) is 2.90. The van der Waals surface area contributed by atoms with Crippen molar-refractivity contribution in [1.29, 1.82) is 0 Å². The minimum absolute atomic E-state index is 0.967. The standard InChI is InChI=1S/C14H17Br2N3S/c1-2-7-17-8-3-4-13-18-19-14(20-13)11-9-10(15)5-6-12(11)16/h5-6,9,17H,2-4,7-8H2,1H3. The number of halogens is 2. The van der Waals surface area contributed by atoms with E-state index in [1.54, 1.807) is 11.3 Å². The van der Waals surface area contributed by atoms with Crippen LogP contribution < -0.4 is 5.32 Å². The van der Waals surface area contributed by atoms with Crippen LogP contribution in [0.25, 0.3) is 10.6 Å². The minimum Gasteiger partial charge on any atom is -0.317 e. The van der Waals surface area contributed by atoms with Gasteiger partial charge in [-0.05, 0) is 44.1 Å². The topological polar surface area (TPSA) is 37.8 Å². The van der Waals surface area contributed by atoms with Crippen molar-refractivity contribution in [2.75, 3.05) is 13.1 Å². The highest BCUT2D eigenvalue weighted by Crippen LogP contribution is 2.32. The van der Waals surface area contributed by atoms with E-state index in [4.69, 9.17) is 0 Å². The van der Waals surface area contributed by atoms with Crippen LogP contribution in [0.3, 0.4) is 0 Å². The van der Waals surface area contributed by atoms with Crippen LogP contribution in [-0.2, 0) is 6.42 Å². The average molecular weight is 419 g/mol. The van der Waals surface area contributed by atoms with Gasteiger partial charge in [0.15, 0.2) is 0 Å². The predicted molar refractivity (Wildman–Crippen MR) is 92.2 cm³/mol. The summed E-state index contributed by atoms with van der Waals surface area (Å²) in [5, 5.41) is 14.1. The highest BCUT2D eigenvalue weighted by atomic mass is 79.9. The molecule has 0 saturated carbocycles. The summed E-state index contributed by atoms with van der Waals surface area (Å²) in [6, 6.07) is 6.10. The maximum atomic E-state index is 4.30. The molecule has 0 aliphatic rings. The summed E-state index contributed by atoms with van der Waals surface area (Å²) in [7, 11) is 0. The fourth-order valence-corrected chi connectivity index (χ4v) is 3.63. The van der Waals surface area contributed by atoms with Crippen LogP contribution in [0, 0.1) is 0 Å². The van der Waals surface area contributed by atoms with E-state index < -0.39 is 0 Å². The molecular formula is C14H17Br2N3S. The van der Waals surface area contributed by atoms with Crippen molar-refractivity contribution in [3.63, 3.8) is 0 Å². The third kappa shape index (κ3) is 4.62. The first-order valence-corrected chi connectivity index (χ1v) is 9.09. The Kier molecular flexibility index (Phi) is 6.61. The van der Waals surface area contributed by atoms with Gasteiger partial charge in [-0.3, -0.25) is 0 Å². The van der Waals surface area contributed by atoms with E-state index in [0.29, 0.717) is 0 Å². The molecule has 1 heterocycles. The molecule has 0 bridgehead atoms. The van der Waals surface area contributed by atoms with Crippen LogP contribution in [0.4, 0.5) is 0 Å². The quantitative estimate of drug-likeness (QED) is 0.664. The smallest absolute Gasteiger partial charge is 0.148 e. The molecule has 0 aliphatic carbocycles. The van der Waals surface area contributed by atoms with Crippen molar-refractivity contribution >= 4 is 43.2 Å². The van der Waals surface area contributed by atoms with Gasteiger partial charge in [0, 0.05) is 20.9 Å². The van der Waals surface area contributed by atoms with Crippen LogP contribution in [0.1, 0.15) is 24.8 Å². The molecular weight excluding hydrogens is 402 g/mol. The first-order valence-electron chi connectivity index (χ1n) is 6.69. The summed E-state index contributed by atoms with van der Waals surface area (Å²) in [6.45, 7) is 4.32. The zero-order valence-corrected chi connectivity index (χ0v) is 15.3. The molecule has 20 heavy (non-hydrogen) atoms. The Morgan fingerprint density at radius 2 is 2.05 bits per heavy atom. The normalized spacial score (nSPS) is 10.9. The van der Waals surface area contributed by atoms with E-state index >= 15 is 0 Å². The fourth-order valence-electron chi connectivity index (χ4n) is 1.79. The second kappa shape index (κ2) is 8.22. The van der Waals surface area contributed by atoms with Gasteiger partial charge in [-0.2, -0.15) is 0 Å². The number of benzene rings is 1. The fraction of sp³-hybridized carbons (Fsp3) is 0.429. The van der Waals surface area contributed by atoms with Crippen molar-refractivity contribution < 1.29 is 0 Å². The lowest BCUT2D eigenvalue weighted by molar-refractivity contribution is 0.637. The van der Waals surface area contributed by atoms with E-state index in [-0.39, 0.29) is 0 Å². The number of hydrogen-bond donors (Lipinski definition) is 1. The molecule has 1 N–H and O–H groups in total. The molecule has 1 aromatic carbocycles. The molecule has 6 heteroatoms. The third-order valence-electron chi connectivity index (χ3n) is 2.80. The van der Waals surface area contributed by atoms with Crippen molar-refractivity contribution in [3.8, 4) is 10.6 Å². The molecule has 0 spiro atoms. The maximum absolute atomic E-state index is 4.30. The molecule has 1 aromatic heterocycles. The first kappa shape index (κ1) is 16.1. The van der Waals surface area contributed by atoms with E-state index in [9.17, 15) is 0 Å². The van der Waals surface area contributed by atoms with Crippen LogP contribution in [0.2, 0.25) is 0 Å². The Morgan fingerprint density at radius 3 is 2.85 bits per heavy atom. The van der Waals surface area contributed by atoms with Gasteiger partial charge in [0.25, 0.3) is 0 Å². The second-order valence-corrected chi connectivity index (χ2v) is 7.31. The Balaban J connectivity index is 1.96. The zero-order chi connectivity index (χ0) is 14.4. The molecule has 0 amide bonds. The summed E-state index contributed by atoms with van der Waals surface area (Å²) in [5.74, 6) is 0. The lowest BCUT2D eigenvalue weighted by Gasteiger charge is -2.01. The highest BCUT2D eigenvalue weighted by molar-refractivity contribution is 9.11. The lowest BCUT2D eigenvalue weighted by atomic mass is 10.2. The van der Waals surface area contributed by atoms with Gasteiger partial charge in [0.2, 0.25) is 0 Å². The Labute approximate surface area is 140 Å². The molecule has 0 radical (unpaired) electrons. The van der Waals surface area contributed by atoms with Crippen molar-refractivity contribution in [2.45, 2.75) is 26.2 Å². The van der Waals surface area contributed by atoms with E-state index in [0.717, 1.165) is 50.5 Å². The molecule has 0 atom stereocenters. The van der Waals surface area contributed by atoms with Crippen LogP contribution in [-0.4, -0.2) is 23.3 Å². The molecule has 108 valence electrons. The summed E-state index contributed by atoms with van der Waals surface area (Å²) in [5.41, 5.74) is 1.09. The van der Waals surface area contributed by atoms with Crippen molar-refractivity contribution in [3.05, 3.63) is 32.2 Å². The van der Waals surface area contributed by atoms with Gasteiger partial charge in [-0.1, -0.05) is 50.1 Å². The van der Waals surface area contributed by atoms with Crippen LogP contribution in [0.5, 0.6) is 0 Å². The molecule has 0 unspecified atom stereocenters. The number of aryl methyl sites for hydroxylation is 1. The summed E-state index contributed by atoms with van der Waals surface area (Å²) >= 11 is 8.73. The Hall–Kier alpha value is -0.300. The van der Waals surface area contributed by atoms with Gasteiger partial charge in [0.1, 0.15) is 10.0 Å². The molecule has 2 rings (SSSR count). The minimum atomic E-state index is 0.967. The first-order chi connectivity index (χ1) is 9.70. The van der Waals surface area contributed by atoms with Gasteiger partial charge in [-0.15, -0.1) is 10.2 Å². The van der Waals surface area contributed by atoms with E-state index in [1.807, 2.05) is 12.1 Å². The number of aromatic nitrogens is 2. The number of rotatable bonds is 7. The molecule has 0 fully saturated rings. The van der Waals surface area contributed by atoms with Gasteiger partial charge >= 0.3 is 0 Å². The SMILES string of the molecule is CCCNCCCc1nnc(-c2cc(Br)ccc2Br)s1. The summed E-state index contributed by atoms with van der Waals surface area (Å²) in [4.78, 5) is 0. The molecule has 0 saturated heterocycles. The number of nitrogens with one attached hydrogen (secondary N) is 1. The summed E-state index contributed by atoms with van der Waals surface area (Å²) in [6.07, 6.45) is 3.27. The largest absolute Gasteiger partial charge is 0.317 e. The Bertz CT molecular complexity index is 557. The maximum Gasteiger partial charge on any atom is 0.148 e. The lowest BCUT2D eigenvalue weighted by Crippen LogP contribution is -2.16.